The molecule has 0 aliphatic rings. The first kappa shape index (κ1) is 18.2. The highest BCUT2D eigenvalue weighted by Crippen LogP contribution is 2.26. The van der Waals surface area contributed by atoms with Crippen LogP contribution < -0.4 is 4.72 Å². The van der Waals surface area contributed by atoms with E-state index in [0.717, 1.165) is 12.1 Å². The van der Waals surface area contributed by atoms with Gasteiger partial charge in [-0.2, -0.15) is 4.72 Å². The molecule has 0 spiro atoms. The van der Waals surface area contributed by atoms with Gasteiger partial charge in [-0.05, 0) is 18.2 Å². The molecule has 1 N–H and O–H groups in total. The van der Waals surface area contributed by atoms with Crippen LogP contribution in [0.5, 0.6) is 0 Å². The highest BCUT2D eigenvalue weighted by molar-refractivity contribution is 7.89. The zero-order valence-corrected chi connectivity index (χ0v) is 14.3. The molecule has 3 rings (SSSR count). The van der Waals surface area contributed by atoms with E-state index >= 15 is 0 Å². The van der Waals surface area contributed by atoms with Crippen molar-refractivity contribution in [1.29, 1.82) is 0 Å². The number of sulfonamides is 1. The third kappa shape index (κ3) is 3.49. The summed E-state index contributed by atoms with van der Waals surface area (Å²) >= 11 is 0. The Bertz CT molecular complexity index is 1050. The third-order valence-corrected chi connectivity index (χ3v) is 5.25. The maximum Gasteiger partial charge on any atom is 0.244 e. The lowest BCUT2D eigenvalue weighted by molar-refractivity contribution is 0.528. The minimum absolute atomic E-state index is 0.0212. The predicted molar refractivity (Wildman–Crippen MR) is 88.1 cm³/mol. The fourth-order valence-electron chi connectivity index (χ4n) is 2.53. The fourth-order valence-corrected chi connectivity index (χ4v) is 3.76. The number of hydrogen-bond acceptors (Lipinski definition) is 3. The van der Waals surface area contributed by atoms with Crippen LogP contribution in [0.4, 0.5) is 13.2 Å². The van der Waals surface area contributed by atoms with Crippen molar-refractivity contribution in [2.45, 2.75) is 10.9 Å². The van der Waals surface area contributed by atoms with Crippen molar-refractivity contribution in [3.05, 3.63) is 83.7 Å². The minimum Gasteiger partial charge on any atom is -0.336 e. The molecule has 0 unspecified atom stereocenters. The van der Waals surface area contributed by atoms with Gasteiger partial charge in [0.2, 0.25) is 10.0 Å². The van der Waals surface area contributed by atoms with E-state index in [-0.39, 0.29) is 11.4 Å². The number of nitrogens with zero attached hydrogens (tertiary/aromatic N) is 2. The molecule has 0 saturated carbocycles. The van der Waals surface area contributed by atoms with Crippen LogP contribution in [0.2, 0.25) is 0 Å². The lowest BCUT2D eigenvalue weighted by atomic mass is 10.1. The van der Waals surface area contributed by atoms with E-state index in [1.165, 1.54) is 29.0 Å². The number of nitrogens with one attached hydrogen (secondary N) is 1. The van der Waals surface area contributed by atoms with Crippen LogP contribution in [-0.4, -0.2) is 18.0 Å². The first-order chi connectivity index (χ1) is 12.3. The summed E-state index contributed by atoms with van der Waals surface area (Å²) in [7, 11) is -2.81. The standard InChI is InChI=1S/C17H14F3N3O2S/c1-23-9-8-21-17(23)16(12-4-2-3-5-13(12)19)22-26(24,25)15-7-6-11(18)10-14(15)20/h2-10,16,22H,1H3/t16-/m1/s1. The van der Waals surface area contributed by atoms with Gasteiger partial charge in [-0.15, -0.1) is 0 Å². The molecule has 0 bridgehead atoms. The number of imidazole rings is 1. The van der Waals surface area contributed by atoms with Crippen LogP contribution >= 0.6 is 0 Å². The Morgan fingerprint density at radius 3 is 2.42 bits per heavy atom. The SMILES string of the molecule is Cn1ccnc1[C@H](NS(=O)(=O)c1ccc(F)cc1F)c1ccccc1F. The number of hydrogen-bond donors (Lipinski definition) is 1. The van der Waals surface area contributed by atoms with E-state index in [2.05, 4.69) is 9.71 Å². The van der Waals surface area contributed by atoms with Crippen molar-refractivity contribution in [2.24, 2.45) is 7.05 Å². The van der Waals surface area contributed by atoms with Gasteiger partial charge in [-0.1, -0.05) is 18.2 Å². The maximum absolute atomic E-state index is 14.3. The molecule has 0 fully saturated rings. The fraction of sp³-hybridized carbons (Fsp3) is 0.118. The largest absolute Gasteiger partial charge is 0.336 e. The van der Waals surface area contributed by atoms with Gasteiger partial charge in [0.15, 0.2) is 0 Å². The third-order valence-electron chi connectivity index (χ3n) is 3.79. The second kappa shape index (κ2) is 6.93. The monoisotopic (exact) mass is 381 g/mol. The second-order valence-corrected chi connectivity index (χ2v) is 7.23. The van der Waals surface area contributed by atoms with Crippen LogP contribution in [0.1, 0.15) is 17.4 Å². The van der Waals surface area contributed by atoms with E-state index in [1.54, 1.807) is 19.3 Å². The minimum atomic E-state index is -4.43. The first-order valence-corrected chi connectivity index (χ1v) is 8.97. The summed E-state index contributed by atoms with van der Waals surface area (Å²) in [5, 5.41) is 0. The molecule has 2 aromatic carbocycles. The summed E-state index contributed by atoms with van der Waals surface area (Å²) in [6.45, 7) is 0. The summed E-state index contributed by atoms with van der Waals surface area (Å²) in [6.07, 6.45) is 2.99. The van der Waals surface area contributed by atoms with Crippen molar-refractivity contribution in [3.63, 3.8) is 0 Å². The topological polar surface area (TPSA) is 64.0 Å². The summed E-state index contributed by atoms with van der Waals surface area (Å²) in [5.74, 6) is -2.59. The van der Waals surface area contributed by atoms with Gasteiger partial charge in [0.1, 0.15) is 34.2 Å². The summed E-state index contributed by atoms with van der Waals surface area (Å²) < 4.78 is 70.3. The summed E-state index contributed by atoms with van der Waals surface area (Å²) in [5.41, 5.74) is 0.0212. The van der Waals surface area contributed by atoms with E-state index < -0.39 is 38.4 Å². The molecule has 0 aliphatic carbocycles. The van der Waals surface area contributed by atoms with Crippen molar-refractivity contribution >= 4 is 10.0 Å². The molecule has 0 radical (unpaired) electrons. The van der Waals surface area contributed by atoms with Crippen LogP contribution in [0.25, 0.3) is 0 Å². The van der Waals surface area contributed by atoms with Gasteiger partial charge >= 0.3 is 0 Å². The molecule has 1 heterocycles. The predicted octanol–water partition coefficient (Wildman–Crippen LogP) is 2.91. The molecular weight excluding hydrogens is 367 g/mol. The van der Waals surface area contributed by atoms with Gasteiger partial charge in [0.25, 0.3) is 0 Å². The van der Waals surface area contributed by atoms with Crippen molar-refractivity contribution < 1.29 is 21.6 Å². The molecule has 136 valence electrons. The Morgan fingerprint density at radius 2 is 1.81 bits per heavy atom. The van der Waals surface area contributed by atoms with Crippen LogP contribution in [0, 0.1) is 17.5 Å². The Labute approximate surface area is 148 Å². The molecule has 5 nitrogen and oxygen atoms in total. The number of halogens is 3. The molecule has 9 heteroatoms. The van der Waals surface area contributed by atoms with Gasteiger partial charge in [-0.3, -0.25) is 0 Å². The highest BCUT2D eigenvalue weighted by Gasteiger charge is 2.29. The number of benzene rings is 2. The van der Waals surface area contributed by atoms with Gasteiger partial charge in [-0.25, -0.2) is 26.6 Å². The van der Waals surface area contributed by atoms with Gasteiger partial charge in [0.05, 0.1) is 0 Å². The van der Waals surface area contributed by atoms with Crippen LogP contribution in [-0.2, 0) is 17.1 Å². The second-order valence-electron chi connectivity index (χ2n) is 5.55. The maximum atomic E-state index is 14.3. The molecule has 1 atom stereocenters. The lowest BCUT2D eigenvalue weighted by Gasteiger charge is -2.20. The van der Waals surface area contributed by atoms with Gasteiger partial charge < -0.3 is 4.57 Å². The number of aryl methyl sites for hydroxylation is 1. The lowest BCUT2D eigenvalue weighted by Crippen LogP contribution is -2.32. The molecule has 1 aromatic heterocycles. The average Bonchev–Trinajstić information content (AvgIpc) is 2.99. The molecule has 26 heavy (non-hydrogen) atoms. The average molecular weight is 381 g/mol. The molecule has 0 aliphatic heterocycles. The zero-order chi connectivity index (χ0) is 18.9. The first-order valence-electron chi connectivity index (χ1n) is 7.48. The molecule has 3 aromatic rings. The van der Waals surface area contributed by atoms with E-state index in [4.69, 9.17) is 0 Å². The van der Waals surface area contributed by atoms with Crippen molar-refractivity contribution in [2.75, 3.05) is 0 Å². The Balaban J connectivity index is 2.09. The van der Waals surface area contributed by atoms with Crippen molar-refractivity contribution in [1.82, 2.24) is 14.3 Å². The van der Waals surface area contributed by atoms with Crippen LogP contribution in [0.15, 0.2) is 59.8 Å². The molecule has 0 saturated heterocycles. The van der Waals surface area contributed by atoms with Gasteiger partial charge in [0, 0.05) is 31.1 Å². The summed E-state index contributed by atoms with van der Waals surface area (Å²) in [6, 6.07) is 6.49. The summed E-state index contributed by atoms with van der Waals surface area (Å²) in [4.78, 5) is 3.32. The Morgan fingerprint density at radius 1 is 1.08 bits per heavy atom. The highest BCUT2D eigenvalue weighted by atomic mass is 32.2. The number of aromatic nitrogens is 2. The quantitative estimate of drug-likeness (QED) is 0.739. The Hall–Kier alpha value is -2.65. The molecular formula is C17H14F3N3O2S. The van der Waals surface area contributed by atoms with Crippen molar-refractivity contribution in [3.8, 4) is 0 Å². The normalized spacial score (nSPS) is 12.9. The van der Waals surface area contributed by atoms with E-state index in [9.17, 15) is 21.6 Å². The number of rotatable bonds is 5. The smallest absolute Gasteiger partial charge is 0.244 e. The van der Waals surface area contributed by atoms with E-state index in [1.807, 2.05) is 0 Å². The Kier molecular flexibility index (Phi) is 4.84. The molecule has 0 amide bonds. The van der Waals surface area contributed by atoms with E-state index in [0.29, 0.717) is 6.07 Å². The zero-order valence-electron chi connectivity index (χ0n) is 13.5. The van der Waals surface area contributed by atoms with Crippen LogP contribution in [0.3, 0.4) is 0 Å².